The summed E-state index contributed by atoms with van der Waals surface area (Å²) in [5, 5.41) is 36.7. The number of rotatable bonds is 10. The summed E-state index contributed by atoms with van der Waals surface area (Å²) in [5.74, 6) is -4.74. The van der Waals surface area contributed by atoms with Crippen LogP contribution < -0.4 is 9.64 Å². The first-order chi connectivity index (χ1) is 14.6. The van der Waals surface area contributed by atoms with Gasteiger partial charge in [0, 0.05) is 0 Å². The average molecular weight is 497 g/mol. The molecule has 0 unspecified atom stereocenters. The second-order valence-electron chi connectivity index (χ2n) is 6.13. The summed E-state index contributed by atoms with van der Waals surface area (Å²) in [5.41, 5.74) is 0.249. The molecule has 2 heterocycles. The maximum absolute atomic E-state index is 11.2. The third-order valence-corrected chi connectivity index (χ3v) is 5.97. The number of fused-ring (bicyclic) bond motifs is 1. The molecule has 0 bridgehead atoms. The van der Waals surface area contributed by atoms with Crippen molar-refractivity contribution in [3.63, 3.8) is 0 Å². The first-order valence-electron chi connectivity index (χ1n) is 8.44. The van der Waals surface area contributed by atoms with Gasteiger partial charge in [-0.05, 0) is 0 Å². The van der Waals surface area contributed by atoms with Crippen molar-refractivity contribution in [1.82, 2.24) is 4.98 Å². The Kier molecular flexibility index (Phi) is 6.28. The molecule has 3 rings (SSSR count). The van der Waals surface area contributed by atoms with Crippen LogP contribution in [-0.2, 0) is 14.4 Å². The number of hydrogen-bond acceptors (Lipinski definition) is 8. The van der Waals surface area contributed by atoms with Crippen molar-refractivity contribution in [2.75, 3.05) is 24.6 Å². The number of carboxylic acid groups (broad SMARTS) is 4. The molecule has 4 N–H and O–H groups in total. The van der Waals surface area contributed by atoms with E-state index >= 15 is 0 Å². The van der Waals surface area contributed by atoms with Crippen molar-refractivity contribution in [1.29, 1.82) is 0 Å². The van der Waals surface area contributed by atoms with Gasteiger partial charge in [0.05, 0.1) is 0 Å². The Labute approximate surface area is 178 Å². The average Bonchev–Trinajstić information content (AvgIpc) is 3.30. The van der Waals surface area contributed by atoms with E-state index in [4.69, 9.17) is 29.6 Å². The minimum absolute atomic E-state index is 0.0164. The number of carboxylic acids is 4. The van der Waals surface area contributed by atoms with Crippen molar-refractivity contribution in [2.24, 2.45) is 0 Å². The first kappa shape index (κ1) is 21.9. The zero-order chi connectivity index (χ0) is 22.7. The Bertz CT molecular complexity index is 1170. The predicted octanol–water partition coefficient (Wildman–Crippen LogP) is 0.689. The molecule has 13 heteroatoms. The number of aliphatic carboxylic acids is 3. The molecule has 31 heavy (non-hydrogen) atoms. The normalized spacial score (nSPS) is 10.7. The van der Waals surface area contributed by atoms with E-state index < -0.39 is 58.1 Å². The SMILES string of the molecule is O=C(O)COc1cc2cc(-c3ncc(C(=O)O)[se]3)oc2cc1N(CC(=O)O)CC(=O)O. The van der Waals surface area contributed by atoms with Gasteiger partial charge in [-0.15, -0.1) is 0 Å². The number of carbonyl (C=O) groups is 4. The van der Waals surface area contributed by atoms with Crippen molar-refractivity contribution < 1.29 is 48.8 Å². The summed E-state index contributed by atoms with van der Waals surface area (Å²) < 4.78 is 11.5. The van der Waals surface area contributed by atoms with Crippen LogP contribution in [0.25, 0.3) is 21.3 Å². The molecule has 12 nitrogen and oxygen atoms in total. The van der Waals surface area contributed by atoms with Crippen LogP contribution in [0.15, 0.2) is 28.8 Å². The maximum atomic E-state index is 11.2. The van der Waals surface area contributed by atoms with Crippen molar-refractivity contribution in [3.8, 4) is 16.1 Å². The van der Waals surface area contributed by atoms with Crippen molar-refractivity contribution in [2.45, 2.75) is 0 Å². The molecular weight excluding hydrogens is 483 g/mol. The summed E-state index contributed by atoms with van der Waals surface area (Å²) in [4.78, 5) is 49.5. The van der Waals surface area contributed by atoms with Crippen LogP contribution in [0.1, 0.15) is 9.23 Å². The van der Waals surface area contributed by atoms with Crippen LogP contribution in [0.3, 0.4) is 0 Å². The number of benzene rings is 1. The predicted molar refractivity (Wildman–Crippen MR) is 104 cm³/mol. The van der Waals surface area contributed by atoms with E-state index in [-0.39, 0.29) is 27.2 Å². The zero-order valence-corrected chi connectivity index (χ0v) is 17.2. The number of hydrogen-bond donors (Lipinski definition) is 4. The molecule has 0 saturated heterocycles. The fraction of sp³-hybridized carbons (Fsp3) is 0.167. The Morgan fingerprint density at radius 3 is 2.23 bits per heavy atom. The van der Waals surface area contributed by atoms with Crippen LogP contribution in [0.4, 0.5) is 5.69 Å². The molecule has 162 valence electrons. The van der Waals surface area contributed by atoms with Gasteiger partial charge in [0.15, 0.2) is 0 Å². The van der Waals surface area contributed by atoms with Crippen LogP contribution in [-0.4, -0.2) is 83.5 Å². The third kappa shape index (κ3) is 5.21. The van der Waals surface area contributed by atoms with Gasteiger partial charge in [0.2, 0.25) is 0 Å². The number of nitrogens with zero attached hydrogens (tertiary/aromatic N) is 2. The molecule has 0 aliphatic carbocycles. The van der Waals surface area contributed by atoms with Gasteiger partial charge in [0.1, 0.15) is 0 Å². The third-order valence-electron chi connectivity index (χ3n) is 3.87. The molecule has 0 radical (unpaired) electrons. The minimum atomic E-state index is -1.30. The fourth-order valence-corrected chi connectivity index (χ4v) is 4.19. The van der Waals surface area contributed by atoms with Gasteiger partial charge in [0.25, 0.3) is 0 Å². The number of ether oxygens (including phenoxy) is 1. The Morgan fingerprint density at radius 1 is 1.00 bits per heavy atom. The molecular formula is C18H14N2O10Se. The quantitative estimate of drug-likeness (QED) is 0.287. The summed E-state index contributed by atoms with van der Waals surface area (Å²) in [6.07, 6.45) is 1.24. The molecule has 3 aromatic rings. The number of furan rings is 1. The van der Waals surface area contributed by atoms with Crippen molar-refractivity contribution >= 4 is 55.0 Å². The second kappa shape index (κ2) is 8.90. The zero-order valence-electron chi connectivity index (χ0n) is 15.5. The van der Waals surface area contributed by atoms with Gasteiger partial charge in [-0.1, -0.05) is 0 Å². The summed E-state index contributed by atoms with van der Waals surface area (Å²) in [7, 11) is 0. The van der Waals surface area contributed by atoms with Gasteiger partial charge in [-0.25, -0.2) is 0 Å². The van der Waals surface area contributed by atoms with Crippen molar-refractivity contribution in [3.05, 3.63) is 28.8 Å². The number of aromatic nitrogens is 1. The first-order valence-corrected chi connectivity index (χ1v) is 10.2. The molecule has 1 aromatic carbocycles. The molecule has 0 amide bonds. The molecule has 0 aliphatic heterocycles. The van der Waals surface area contributed by atoms with Gasteiger partial charge < -0.3 is 0 Å². The monoisotopic (exact) mass is 498 g/mol. The Morgan fingerprint density at radius 2 is 1.68 bits per heavy atom. The Hall–Kier alpha value is -3.83. The van der Waals surface area contributed by atoms with Gasteiger partial charge in [-0.2, -0.15) is 0 Å². The molecule has 2 aromatic heterocycles. The van der Waals surface area contributed by atoms with E-state index in [1.807, 2.05) is 0 Å². The number of anilines is 1. The second-order valence-corrected chi connectivity index (χ2v) is 8.29. The topological polar surface area (TPSA) is 188 Å². The molecule has 0 atom stereocenters. The van der Waals surface area contributed by atoms with E-state index in [1.54, 1.807) is 6.07 Å². The summed E-state index contributed by atoms with van der Waals surface area (Å²) in [6, 6.07) is 4.30. The van der Waals surface area contributed by atoms with Crippen LogP contribution in [0.2, 0.25) is 0 Å². The van der Waals surface area contributed by atoms with E-state index in [9.17, 15) is 19.2 Å². The van der Waals surface area contributed by atoms with E-state index in [1.165, 1.54) is 18.3 Å². The van der Waals surface area contributed by atoms with Crippen LogP contribution >= 0.6 is 0 Å². The number of aromatic carboxylic acids is 1. The van der Waals surface area contributed by atoms with E-state index in [0.717, 1.165) is 4.90 Å². The van der Waals surface area contributed by atoms with Gasteiger partial charge >= 0.3 is 178 Å². The molecule has 0 fully saturated rings. The van der Waals surface area contributed by atoms with Crippen LogP contribution in [0.5, 0.6) is 5.75 Å². The standard InChI is InChI=1S/C18H14N2O10Se/c21-14(22)5-20(6-15(23)24)9-3-10-8(1-11(9)29-7-16(25)26)2-12(30-10)17-19-4-13(31-17)18(27)28/h1-4H,5-7H2,(H,21,22)(H,23,24)(H,25,26)(H,27,28). The van der Waals surface area contributed by atoms with E-state index in [0.29, 0.717) is 9.95 Å². The molecule has 0 aliphatic rings. The molecule has 0 spiro atoms. The van der Waals surface area contributed by atoms with Gasteiger partial charge in [-0.3, -0.25) is 0 Å². The molecule has 0 saturated carbocycles. The summed E-state index contributed by atoms with van der Waals surface area (Å²) >= 11 is -0.593. The summed E-state index contributed by atoms with van der Waals surface area (Å²) in [6.45, 7) is -2.11. The van der Waals surface area contributed by atoms with Crippen LogP contribution in [0, 0.1) is 0 Å². The van der Waals surface area contributed by atoms with E-state index in [2.05, 4.69) is 4.98 Å². The Balaban J connectivity index is 2.10. The fourth-order valence-electron chi connectivity index (χ4n) is 2.70.